The van der Waals surface area contributed by atoms with Crippen LogP contribution < -0.4 is 9.47 Å². The maximum absolute atomic E-state index is 12.7. The van der Waals surface area contributed by atoms with E-state index in [4.69, 9.17) is 21.1 Å². The highest BCUT2D eigenvalue weighted by atomic mass is 35.5. The Morgan fingerprint density at radius 2 is 2.22 bits per heavy atom. The number of carbonyl (C=O) groups excluding carboxylic acids is 1. The molecular formula is C19H23ClN4O3. The third-order valence-corrected chi connectivity index (χ3v) is 5.54. The van der Waals surface area contributed by atoms with E-state index in [1.807, 2.05) is 4.90 Å². The number of piperazine rings is 1. The van der Waals surface area contributed by atoms with E-state index in [2.05, 4.69) is 15.1 Å². The molecule has 1 aromatic carbocycles. The lowest BCUT2D eigenvalue weighted by atomic mass is 10.1. The van der Waals surface area contributed by atoms with E-state index in [9.17, 15) is 4.79 Å². The molecule has 0 unspecified atom stereocenters. The summed E-state index contributed by atoms with van der Waals surface area (Å²) in [7, 11) is 1.59. The fourth-order valence-electron chi connectivity index (χ4n) is 3.76. The van der Waals surface area contributed by atoms with Crippen LogP contribution in [0, 0.1) is 0 Å². The molecule has 0 aliphatic carbocycles. The van der Waals surface area contributed by atoms with Gasteiger partial charge in [0.25, 0.3) is 5.91 Å². The zero-order valence-corrected chi connectivity index (χ0v) is 16.0. The molecule has 2 saturated heterocycles. The standard InChI is InChI=1S/C19H23ClN4O3/c1-26-15-4-5-18(16(20)10-15)27-12-13-9-17(22-21-13)19(25)24-8-7-23-6-2-3-14(23)11-24/h4-5,9-10,14H,2-3,6-8,11-12H2,1H3,(H,21,22)/t14-/m1/s1. The van der Waals surface area contributed by atoms with E-state index >= 15 is 0 Å². The number of nitrogens with zero attached hydrogens (tertiary/aromatic N) is 3. The molecule has 1 amide bonds. The topological polar surface area (TPSA) is 70.7 Å². The molecule has 0 saturated carbocycles. The van der Waals surface area contributed by atoms with Crippen molar-refractivity contribution in [1.82, 2.24) is 20.0 Å². The number of aromatic nitrogens is 2. The minimum Gasteiger partial charge on any atom is -0.497 e. The second-order valence-corrected chi connectivity index (χ2v) is 7.35. The Morgan fingerprint density at radius 3 is 3.04 bits per heavy atom. The zero-order chi connectivity index (χ0) is 18.8. The second-order valence-electron chi connectivity index (χ2n) is 6.95. The summed E-state index contributed by atoms with van der Waals surface area (Å²) in [5.74, 6) is 1.20. The molecular weight excluding hydrogens is 368 g/mol. The number of fused-ring (bicyclic) bond motifs is 1. The molecule has 2 aliphatic rings. The third-order valence-electron chi connectivity index (χ3n) is 5.25. The van der Waals surface area contributed by atoms with E-state index in [1.165, 1.54) is 12.8 Å². The van der Waals surface area contributed by atoms with Gasteiger partial charge in [-0.05, 0) is 37.6 Å². The highest BCUT2D eigenvalue weighted by Crippen LogP contribution is 2.29. The van der Waals surface area contributed by atoms with Crippen LogP contribution in [0.25, 0.3) is 0 Å². The number of H-pyrrole nitrogens is 1. The van der Waals surface area contributed by atoms with Gasteiger partial charge in [-0.1, -0.05) is 11.6 Å². The number of aromatic amines is 1. The Labute approximate surface area is 163 Å². The monoisotopic (exact) mass is 390 g/mol. The number of methoxy groups -OCH3 is 1. The summed E-state index contributed by atoms with van der Waals surface area (Å²) in [5.41, 5.74) is 1.16. The lowest BCUT2D eigenvalue weighted by Gasteiger charge is -2.37. The van der Waals surface area contributed by atoms with Crippen molar-refractivity contribution in [2.75, 3.05) is 33.3 Å². The first-order valence-corrected chi connectivity index (χ1v) is 9.56. The first-order chi connectivity index (χ1) is 13.1. The van der Waals surface area contributed by atoms with Gasteiger partial charge in [-0.15, -0.1) is 0 Å². The zero-order valence-electron chi connectivity index (χ0n) is 15.3. The summed E-state index contributed by atoms with van der Waals surface area (Å²) in [6.45, 7) is 3.91. The molecule has 2 aromatic rings. The summed E-state index contributed by atoms with van der Waals surface area (Å²) < 4.78 is 10.9. The minimum atomic E-state index is -0.0217. The molecule has 1 N–H and O–H groups in total. The summed E-state index contributed by atoms with van der Waals surface area (Å²) in [6, 6.07) is 7.49. The molecule has 0 spiro atoms. The molecule has 3 heterocycles. The number of halogens is 1. The summed E-state index contributed by atoms with van der Waals surface area (Å²) in [6.07, 6.45) is 2.40. The van der Waals surface area contributed by atoms with Crippen molar-refractivity contribution in [2.45, 2.75) is 25.5 Å². The van der Waals surface area contributed by atoms with Gasteiger partial charge in [-0.3, -0.25) is 14.8 Å². The fourth-order valence-corrected chi connectivity index (χ4v) is 3.99. The Bertz CT molecular complexity index is 825. The molecule has 8 heteroatoms. The van der Waals surface area contributed by atoms with Gasteiger partial charge in [-0.25, -0.2) is 0 Å². The van der Waals surface area contributed by atoms with Crippen molar-refractivity contribution in [1.29, 1.82) is 0 Å². The van der Waals surface area contributed by atoms with Gasteiger partial charge in [0.1, 0.15) is 18.1 Å². The van der Waals surface area contributed by atoms with Gasteiger partial charge in [0.2, 0.25) is 0 Å². The number of amides is 1. The highest BCUT2D eigenvalue weighted by molar-refractivity contribution is 6.32. The van der Waals surface area contributed by atoms with Crippen LogP contribution in [0.1, 0.15) is 29.0 Å². The van der Waals surface area contributed by atoms with Crippen molar-refractivity contribution >= 4 is 17.5 Å². The largest absolute Gasteiger partial charge is 0.497 e. The van der Waals surface area contributed by atoms with E-state index in [-0.39, 0.29) is 12.5 Å². The molecule has 2 fully saturated rings. The van der Waals surface area contributed by atoms with Gasteiger partial charge in [0.15, 0.2) is 5.69 Å². The molecule has 0 bridgehead atoms. The van der Waals surface area contributed by atoms with Crippen LogP contribution in [0.5, 0.6) is 11.5 Å². The van der Waals surface area contributed by atoms with Crippen LogP contribution in [0.15, 0.2) is 24.3 Å². The third kappa shape index (κ3) is 3.89. The summed E-state index contributed by atoms with van der Waals surface area (Å²) >= 11 is 6.18. The predicted molar refractivity (Wildman–Crippen MR) is 101 cm³/mol. The Morgan fingerprint density at radius 1 is 1.33 bits per heavy atom. The molecule has 0 radical (unpaired) electrons. The van der Waals surface area contributed by atoms with E-state index in [0.717, 1.165) is 31.9 Å². The quantitative estimate of drug-likeness (QED) is 0.849. The van der Waals surface area contributed by atoms with Crippen molar-refractivity contribution in [3.05, 3.63) is 40.7 Å². The number of rotatable bonds is 5. The summed E-state index contributed by atoms with van der Waals surface area (Å²) in [4.78, 5) is 17.1. The molecule has 27 heavy (non-hydrogen) atoms. The molecule has 7 nitrogen and oxygen atoms in total. The number of nitrogens with one attached hydrogen (secondary N) is 1. The van der Waals surface area contributed by atoms with Crippen LogP contribution in [0.3, 0.4) is 0 Å². The van der Waals surface area contributed by atoms with Gasteiger partial charge >= 0.3 is 0 Å². The van der Waals surface area contributed by atoms with Gasteiger partial charge in [0.05, 0.1) is 17.8 Å². The van der Waals surface area contributed by atoms with Gasteiger partial charge in [-0.2, -0.15) is 5.10 Å². The number of carbonyl (C=O) groups is 1. The van der Waals surface area contributed by atoms with Crippen LogP contribution in [-0.4, -0.2) is 65.2 Å². The first-order valence-electron chi connectivity index (χ1n) is 9.18. The molecule has 2 aliphatic heterocycles. The smallest absolute Gasteiger partial charge is 0.274 e. The normalized spacial score (nSPS) is 19.8. The SMILES string of the molecule is COc1ccc(OCc2cc(C(=O)N3CCN4CCC[C@@H]4C3)n[nH]2)c(Cl)c1. The number of hydrogen-bond acceptors (Lipinski definition) is 5. The number of ether oxygens (including phenoxy) is 2. The maximum atomic E-state index is 12.7. The summed E-state index contributed by atoms with van der Waals surface area (Å²) in [5, 5.41) is 7.53. The predicted octanol–water partition coefficient (Wildman–Crippen LogP) is 2.57. The van der Waals surface area contributed by atoms with Gasteiger partial charge < -0.3 is 14.4 Å². The highest BCUT2D eigenvalue weighted by Gasteiger charge is 2.33. The van der Waals surface area contributed by atoms with Crippen LogP contribution in [0.4, 0.5) is 0 Å². The Hall–Kier alpha value is -2.25. The maximum Gasteiger partial charge on any atom is 0.274 e. The van der Waals surface area contributed by atoms with E-state index < -0.39 is 0 Å². The minimum absolute atomic E-state index is 0.0217. The fraction of sp³-hybridized carbons (Fsp3) is 0.474. The van der Waals surface area contributed by atoms with Crippen LogP contribution in [-0.2, 0) is 6.61 Å². The number of benzene rings is 1. The van der Waals surface area contributed by atoms with Gasteiger partial charge in [0, 0.05) is 31.7 Å². The van der Waals surface area contributed by atoms with Crippen molar-refractivity contribution in [3.63, 3.8) is 0 Å². The van der Waals surface area contributed by atoms with Crippen LogP contribution >= 0.6 is 11.6 Å². The average Bonchev–Trinajstić information content (AvgIpc) is 3.35. The number of hydrogen-bond donors (Lipinski definition) is 1. The lowest BCUT2D eigenvalue weighted by Crippen LogP contribution is -2.52. The second kappa shape index (κ2) is 7.78. The first kappa shape index (κ1) is 18.1. The molecule has 144 valence electrons. The molecule has 1 atom stereocenters. The Balaban J connectivity index is 1.36. The lowest BCUT2D eigenvalue weighted by molar-refractivity contribution is 0.0565. The van der Waals surface area contributed by atoms with Crippen LogP contribution in [0.2, 0.25) is 5.02 Å². The van der Waals surface area contributed by atoms with Crippen molar-refractivity contribution in [3.8, 4) is 11.5 Å². The van der Waals surface area contributed by atoms with E-state index in [1.54, 1.807) is 31.4 Å². The van der Waals surface area contributed by atoms with E-state index in [0.29, 0.717) is 28.3 Å². The Kier molecular flexibility index (Phi) is 5.22. The average molecular weight is 391 g/mol. The molecule has 4 rings (SSSR count). The van der Waals surface area contributed by atoms with Crippen molar-refractivity contribution < 1.29 is 14.3 Å². The molecule has 1 aromatic heterocycles. The van der Waals surface area contributed by atoms with Crippen molar-refractivity contribution in [2.24, 2.45) is 0 Å².